The molecule has 0 aromatic heterocycles. The number of sulfonamides is 1. The van der Waals surface area contributed by atoms with Crippen molar-refractivity contribution < 1.29 is 17.9 Å². The van der Waals surface area contributed by atoms with Crippen molar-refractivity contribution in [3.63, 3.8) is 0 Å². The SMILES string of the molecule is CCc1ccc([C@@H](C)NC(=O)CN(c2ccc(Oc3ccccc3)cc2)S(=O)(=O)c2ccccc2)cc1. The third kappa shape index (κ3) is 6.57. The minimum absolute atomic E-state index is 0.107. The van der Waals surface area contributed by atoms with E-state index in [1.54, 1.807) is 42.5 Å². The van der Waals surface area contributed by atoms with Crippen LogP contribution in [0.1, 0.15) is 31.0 Å². The molecule has 4 aromatic carbocycles. The van der Waals surface area contributed by atoms with E-state index in [0.29, 0.717) is 17.2 Å². The number of nitrogens with zero attached hydrogens (tertiary/aromatic N) is 1. The highest BCUT2D eigenvalue weighted by Gasteiger charge is 2.27. The molecule has 37 heavy (non-hydrogen) atoms. The summed E-state index contributed by atoms with van der Waals surface area (Å²) in [5.74, 6) is 0.821. The summed E-state index contributed by atoms with van der Waals surface area (Å²) in [4.78, 5) is 13.2. The fraction of sp³-hybridized carbons (Fsp3) is 0.167. The Hall–Kier alpha value is -4.10. The van der Waals surface area contributed by atoms with Crippen LogP contribution in [0.25, 0.3) is 0 Å². The highest BCUT2D eigenvalue weighted by molar-refractivity contribution is 7.92. The van der Waals surface area contributed by atoms with Crippen molar-refractivity contribution in [1.82, 2.24) is 5.32 Å². The van der Waals surface area contributed by atoms with Crippen molar-refractivity contribution in [2.45, 2.75) is 31.2 Å². The van der Waals surface area contributed by atoms with Crippen LogP contribution in [-0.2, 0) is 21.2 Å². The van der Waals surface area contributed by atoms with Gasteiger partial charge in [0.25, 0.3) is 10.0 Å². The van der Waals surface area contributed by atoms with E-state index in [0.717, 1.165) is 16.3 Å². The van der Waals surface area contributed by atoms with Gasteiger partial charge in [0.1, 0.15) is 18.0 Å². The highest BCUT2D eigenvalue weighted by Crippen LogP contribution is 2.28. The number of aryl methyl sites for hydroxylation is 1. The standard InChI is InChI=1S/C30H30N2O4S/c1-3-24-14-16-25(17-15-24)23(2)31-30(33)22-32(37(34,35)29-12-8-5-9-13-29)26-18-20-28(21-19-26)36-27-10-6-4-7-11-27/h4-21,23H,3,22H2,1-2H3,(H,31,33)/t23-/m1/s1. The molecule has 4 rings (SSSR count). The second kappa shape index (κ2) is 11.8. The summed E-state index contributed by atoms with van der Waals surface area (Å²) in [6.45, 7) is 3.60. The van der Waals surface area contributed by atoms with Crippen molar-refractivity contribution >= 4 is 21.6 Å². The van der Waals surface area contributed by atoms with Crippen molar-refractivity contribution in [1.29, 1.82) is 0 Å². The van der Waals surface area contributed by atoms with Crippen LogP contribution in [0.5, 0.6) is 11.5 Å². The van der Waals surface area contributed by atoms with Crippen LogP contribution in [0.15, 0.2) is 114 Å². The van der Waals surface area contributed by atoms with E-state index in [4.69, 9.17) is 4.74 Å². The summed E-state index contributed by atoms with van der Waals surface area (Å²) in [5, 5.41) is 2.93. The van der Waals surface area contributed by atoms with Crippen LogP contribution < -0.4 is 14.4 Å². The van der Waals surface area contributed by atoms with Gasteiger partial charge in [-0.15, -0.1) is 0 Å². The zero-order valence-electron chi connectivity index (χ0n) is 20.9. The fourth-order valence-electron chi connectivity index (χ4n) is 3.88. The molecule has 1 atom stereocenters. The van der Waals surface area contributed by atoms with Gasteiger partial charge in [-0.05, 0) is 73.0 Å². The molecule has 0 aliphatic heterocycles. The molecule has 0 fully saturated rings. The van der Waals surface area contributed by atoms with Crippen LogP contribution in [0.2, 0.25) is 0 Å². The van der Waals surface area contributed by atoms with Gasteiger partial charge >= 0.3 is 0 Å². The average molecular weight is 515 g/mol. The van der Waals surface area contributed by atoms with Crippen LogP contribution >= 0.6 is 0 Å². The van der Waals surface area contributed by atoms with E-state index in [9.17, 15) is 13.2 Å². The van der Waals surface area contributed by atoms with E-state index < -0.39 is 15.9 Å². The third-order valence-electron chi connectivity index (χ3n) is 5.99. The van der Waals surface area contributed by atoms with Crippen LogP contribution in [0.4, 0.5) is 5.69 Å². The molecule has 0 bridgehead atoms. The smallest absolute Gasteiger partial charge is 0.264 e. The first-order valence-electron chi connectivity index (χ1n) is 12.2. The Balaban J connectivity index is 1.56. The number of para-hydroxylation sites is 1. The van der Waals surface area contributed by atoms with Gasteiger partial charge < -0.3 is 10.1 Å². The third-order valence-corrected chi connectivity index (χ3v) is 7.78. The minimum Gasteiger partial charge on any atom is -0.457 e. The Bertz CT molecular complexity index is 1410. The molecule has 0 saturated heterocycles. The predicted molar refractivity (Wildman–Crippen MR) is 146 cm³/mol. The summed E-state index contributed by atoms with van der Waals surface area (Å²) >= 11 is 0. The molecule has 0 spiro atoms. The first-order chi connectivity index (χ1) is 17.9. The molecule has 0 unspecified atom stereocenters. The Kier molecular flexibility index (Phi) is 8.25. The Morgan fingerprint density at radius 3 is 1.97 bits per heavy atom. The summed E-state index contributed by atoms with van der Waals surface area (Å²) < 4.78 is 34.1. The topological polar surface area (TPSA) is 75.7 Å². The van der Waals surface area contributed by atoms with Gasteiger partial charge in [0, 0.05) is 0 Å². The van der Waals surface area contributed by atoms with E-state index in [1.165, 1.54) is 17.7 Å². The van der Waals surface area contributed by atoms with Crippen LogP contribution in [0, 0.1) is 0 Å². The van der Waals surface area contributed by atoms with Gasteiger partial charge in [0.05, 0.1) is 16.6 Å². The largest absolute Gasteiger partial charge is 0.457 e. The first kappa shape index (κ1) is 26.0. The van der Waals surface area contributed by atoms with Gasteiger partial charge in [0.2, 0.25) is 5.91 Å². The Labute approximate surface area is 218 Å². The number of hydrogen-bond donors (Lipinski definition) is 1. The van der Waals surface area contributed by atoms with Gasteiger partial charge in [-0.3, -0.25) is 9.10 Å². The molecule has 0 saturated carbocycles. The lowest BCUT2D eigenvalue weighted by molar-refractivity contribution is -0.120. The molecular weight excluding hydrogens is 484 g/mol. The van der Waals surface area contributed by atoms with Gasteiger partial charge in [-0.1, -0.05) is 67.6 Å². The van der Waals surface area contributed by atoms with E-state index in [2.05, 4.69) is 12.2 Å². The van der Waals surface area contributed by atoms with Crippen LogP contribution in [0.3, 0.4) is 0 Å². The monoisotopic (exact) mass is 514 g/mol. The number of nitrogens with one attached hydrogen (secondary N) is 1. The quantitative estimate of drug-likeness (QED) is 0.277. The molecule has 6 nitrogen and oxygen atoms in total. The lowest BCUT2D eigenvalue weighted by Crippen LogP contribution is -2.41. The predicted octanol–water partition coefficient (Wildman–Crippen LogP) is 6.11. The average Bonchev–Trinajstić information content (AvgIpc) is 2.93. The summed E-state index contributed by atoms with van der Waals surface area (Å²) in [7, 11) is -4.00. The van der Waals surface area contributed by atoms with Gasteiger partial charge in [-0.2, -0.15) is 0 Å². The summed E-state index contributed by atoms with van der Waals surface area (Å²) in [5.41, 5.74) is 2.52. The fourth-order valence-corrected chi connectivity index (χ4v) is 5.32. The summed E-state index contributed by atoms with van der Waals surface area (Å²) in [6, 6.07) is 31.8. The minimum atomic E-state index is -4.00. The maximum atomic E-state index is 13.6. The number of carbonyl (C=O) groups is 1. The number of rotatable bonds is 10. The lowest BCUT2D eigenvalue weighted by Gasteiger charge is -2.25. The molecule has 7 heteroatoms. The zero-order valence-corrected chi connectivity index (χ0v) is 21.7. The molecule has 1 N–H and O–H groups in total. The number of anilines is 1. The molecule has 0 aliphatic rings. The van der Waals surface area contributed by atoms with E-state index in [-0.39, 0.29) is 17.5 Å². The van der Waals surface area contributed by atoms with Crippen molar-refractivity contribution in [2.75, 3.05) is 10.8 Å². The maximum absolute atomic E-state index is 13.6. The number of carbonyl (C=O) groups excluding carboxylic acids is 1. The normalized spacial score (nSPS) is 11.9. The maximum Gasteiger partial charge on any atom is 0.264 e. The summed E-state index contributed by atoms with van der Waals surface area (Å²) in [6.07, 6.45) is 0.933. The Morgan fingerprint density at radius 2 is 1.38 bits per heavy atom. The molecule has 0 aliphatic carbocycles. The second-order valence-electron chi connectivity index (χ2n) is 8.62. The Morgan fingerprint density at radius 1 is 0.811 bits per heavy atom. The lowest BCUT2D eigenvalue weighted by atomic mass is 10.1. The second-order valence-corrected chi connectivity index (χ2v) is 10.5. The highest BCUT2D eigenvalue weighted by atomic mass is 32.2. The molecule has 190 valence electrons. The van der Waals surface area contributed by atoms with Crippen LogP contribution in [-0.4, -0.2) is 20.9 Å². The number of amides is 1. The molecule has 4 aromatic rings. The number of hydrogen-bond acceptors (Lipinski definition) is 4. The van der Waals surface area contributed by atoms with Gasteiger partial charge in [-0.25, -0.2) is 8.42 Å². The zero-order chi connectivity index (χ0) is 26.3. The van der Waals surface area contributed by atoms with Crippen molar-refractivity contribution in [3.05, 3.63) is 120 Å². The van der Waals surface area contributed by atoms with Crippen molar-refractivity contribution in [3.8, 4) is 11.5 Å². The first-order valence-corrected chi connectivity index (χ1v) is 13.6. The molecule has 0 heterocycles. The molecular formula is C30H30N2O4S. The molecule has 0 radical (unpaired) electrons. The van der Waals surface area contributed by atoms with Gasteiger partial charge in [0.15, 0.2) is 0 Å². The number of benzene rings is 4. The van der Waals surface area contributed by atoms with E-state index in [1.807, 2.05) is 61.5 Å². The van der Waals surface area contributed by atoms with Crippen molar-refractivity contribution in [2.24, 2.45) is 0 Å². The molecule has 1 amide bonds. The number of ether oxygens (including phenoxy) is 1. The van der Waals surface area contributed by atoms with E-state index >= 15 is 0 Å².